The Morgan fingerprint density at radius 1 is 1.20 bits per heavy atom. The van der Waals surface area contributed by atoms with Crippen LogP contribution in [-0.2, 0) is 27.4 Å². The molecule has 0 N–H and O–H groups in total. The number of hydrogen-bond acceptors (Lipinski definition) is 6. The number of fused-ring (bicyclic) bond motifs is 1. The molecule has 0 spiro atoms. The molecule has 7 heteroatoms. The third-order valence-corrected chi connectivity index (χ3v) is 5.83. The number of benzene rings is 2. The van der Waals surface area contributed by atoms with Gasteiger partial charge in [0.1, 0.15) is 17.4 Å². The van der Waals surface area contributed by atoms with Crippen LogP contribution < -0.4 is 9.64 Å². The SMILES string of the molecule is CCc1ccc(-c2nc(COC(=O)CCN3C(=O)COc4ccccc43)cs2)cc1. The first-order valence-corrected chi connectivity index (χ1v) is 10.7. The Kier molecular flexibility index (Phi) is 6.09. The fourth-order valence-electron chi connectivity index (χ4n) is 3.22. The summed E-state index contributed by atoms with van der Waals surface area (Å²) in [6.45, 7) is 2.48. The number of nitrogens with zero attached hydrogens (tertiary/aromatic N) is 2. The predicted molar refractivity (Wildman–Crippen MR) is 116 cm³/mol. The van der Waals surface area contributed by atoms with E-state index in [0.29, 0.717) is 11.4 Å². The van der Waals surface area contributed by atoms with Gasteiger partial charge in [0.25, 0.3) is 5.91 Å². The van der Waals surface area contributed by atoms with Crippen LogP contribution in [0, 0.1) is 0 Å². The predicted octanol–water partition coefficient (Wildman–Crippen LogP) is 4.23. The number of aromatic nitrogens is 1. The van der Waals surface area contributed by atoms with Crippen LogP contribution in [0.15, 0.2) is 53.9 Å². The minimum absolute atomic E-state index is 0.0209. The molecule has 0 unspecified atom stereocenters. The molecule has 154 valence electrons. The highest BCUT2D eigenvalue weighted by atomic mass is 32.1. The molecular weight excluding hydrogens is 400 g/mol. The van der Waals surface area contributed by atoms with Crippen molar-refractivity contribution >= 4 is 28.9 Å². The van der Waals surface area contributed by atoms with E-state index < -0.39 is 0 Å². The summed E-state index contributed by atoms with van der Waals surface area (Å²) in [5.41, 5.74) is 3.74. The average molecular weight is 423 g/mol. The van der Waals surface area contributed by atoms with Crippen LogP contribution in [0.2, 0.25) is 0 Å². The molecule has 0 aliphatic carbocycles. The van der Waals surface area contributed by atoms with Gasteiger partial charge in [-0.3, -0.25) is 9.59 Å². The molecule has 0 fully saturated rings. The van der Waals surface area contributed by atoms with Crippen molar-refractivity contribution in [1.29, 1.82) is 0 Å². The molecule has 1 aliphatic heterocycles. The fourth-order valence-corrected chi connectivity index (χ4v) is 4.03. The van der Waals surface area contributed by atoms with Gasteiger partial charge in [-0.25, -0.2) is 4.98 Å². The molecule has 3 aromatic rings. The van der Waals surface area contributed by atoms with Crippen LogP contribution in [-0.4, -0.2) is 30.0 Å². The number of hydrogen-bond donors (Lipinski definition) is 0. The van der Waals surface area contributed by atoms with Crippen LogP contribution in [0.1, 0.15) is 24.6 Å². The Labute approximate surface area is 179 Å². The highest BCUT2D eigenvalue weighted by molar-refractivity contribution is 7.13. The molecule has 1 amide bonds. The summed E-state index contributed by atoms with van der Waals surface area (Å²) in [6, 6.07) is 15.6. The Bertz CT molecular complexity index is 1050. The van der Waals surface area contributed by atoms with Gasteiger partial charge < -0.3 is 14.4 Å². The summed E-state index contributed by atoms with van der Waals surface area (Å²) in [7, 11) is 0. The second-order valence-corrected chi connectivity index (χ2v) is 7.77. The summed E-state index contributed by atoms with van der Waals surface area (Å²) in [5.74, 6) is 0.112. The second kappa shape index (κ2) is 9.09. The third-order valence-electron chi connectivity index (χ3n) is 4.89. The molecular formula is C23H22N2O4S. The Morgan fingerprint density at radius 2 is 2.00 bits per heavy atom. The van der Waals surface area contributed by atoms with Gasteiger partial charge in [0.15, 0.2) is 6.61 Å². The lowest BCUT2D eigenvalue weighted by Crippen LogP contribution is -2.40. The van der Waals surface area contributed by atoms with Crippen molar-refractivity contribution in [2.45, 2.75) is 26.4 Å². The normalized spacial score (nSPS) is 13.0. The largest absolute Gasteiger partial charge is 0.482 e. The van der Waals surface area contributed by atoms with E-state index in [1.807, 2.05) is 29.6 Å². The molecule has 2 heterocycles. The smallest absolute Gasteiger partial charge is 0.307 e. The number of thiazole rings is 1. The van der Waals surface area contributed by atoms with Gasteiger partial charge in [-0.2, -0.15) is 0 Å². The molecule has 4 rings (SSSR count). The third kappa shape index (κ3) is 4.52. The van der Waals surface area contributed by atoms with E-state index >= 15 is 0 Å². The topological polar surface area (TPSA) is 68.7 Å². The summed E-state index contributed by atoms with van der Waals surface area (Å²) in [6.07, 6.45) is 1.11. The van der Waals surface area contributed by atoms with Crippen molar-refractivity contribution in [3.63, 3.8) is 0 Å². The lowest BCUT2D eigenvalue weighted by Gasteiger charge is -2.28. The van der Waals surface area contributed by atoms with E-state index in [-0.39, 0.29) is 38.1 Å². The Hall–Kier alpha value is -3.19. The fraction of sp³-hybridized carbons (Fsp3) is 0.261. The van der Waals surface area contributed by atoms with Gasteiger partial charge in [0.2, 0.25) is 0 Å². The number of para-hydroxylation sites is 2. The Balaban J connectivity index is 1.30. The maximum absolute atomic E-state index is 12.2. The number of esters is 1. The zero-order valence-corrected chi connectivity index (χ0v) is 17.5. The van der Waals surface area contributed by atoms with Crippen LogP contribution in [0.4, 0.5) is 5.69 Å². The lowest BCUT2D eigenvalue weighted by molar-refractivity contribution is -0.144. The molecule has 0 saturated heterocycles. The molecule has 0 bridgehead atoms. The number of aryl methyl sites for hydroxylation is 1. The van der Waals surface area contributed by atoms with Gasteiger partial charge in [-0.15, -0.1) is 11.3 Å². The van der Waals surface area contributed by atoms with Gasteiger partial charge >= 0.3 is 5.97 Å². The quantitative estimate of drug-likeness (QED) is 0.533. The maximum atomic E-state index is 12.2. The van der Waals surface area contributed by atoms with Gasteiger partial charge in [0, 0.05) is 17.5 Å². The molecule has 1 aromatic heterocycles. The van der Waals surface area contributed by atoms with E-state index in [1.165, 1.54) is 16.9 Å². The number of carbonyl (C=O) groups is 2. The van der Waals surface area contributed by atoms with Gasteiger partial charge in [-0.05, 0) is 24.1 Å². The first-order valence-electron chi connectivity index (χ1n) is 9.85. The summed E-state index contributed by atoms with van der Waals surface area (Å²) in [5, 5.41) is 2.80. The first-order chi connectivity index (χ1) is 14.6. The summed E-state index contributed by atoms with van der Waals surface area (Å²) in [4.78, 5) is 30.5. The first kappa shape index (κ1) is 20.1. The van der Waals surface area contributed by atoms with Crippen molar-refractivity contribution in [2.75, 3.05) is 18.1 Å². The zero-order valence-electron chi connectivity index (χ0n) is 16.7. The Morgan fingerprint density at radius 3 is 2.80 bits per heavy atom. The van der Waals surface area contributed by atoms with Gasteiger partial charge in [-0.1, -0.05) is 43.3 Å². The molecule has 0 radical (unpaired) electrons. The number of anilines is 1. The van der Waals surface area contributed by atoms with Crippen LogP contribution in [0.5, 0.6) is 5.75 Å². The zero-order chi connectivity index (χ0) is 20.9. The number of carbonyl (C=O) groups excluding carboxylic acids is 2. The molecule has 2 aromatic carbocycles. The molecule has 30 heavy (non-hydrogen) atoms. The van der Waals surface area contributed by atoms with Crippen LogP contribution in [0.3, 0.4) is 0 Å². The minimum atomic E-state index is -0.367. The van der Waals surface area contributed by atoms with E-state index in [4.69, 9.17) is 9.47 Å². The second-order valence-electron chi connectivity index (χ2n) is 6.91. The maximum Gasteiger partial charge on any atom is 0.307 e. The summed E-state index contributed by atoms with van der Waals surface area (Å²) < 4.78 is 10.8. The highest BCUT2D eigenvalue weighted by Gasteiger charge is 2.25. The molecule has 0 atom stereocenters. The van der Waals surface area contributed by atoms with E-state index in [1.54, 1.807) is 4.90 Å². The monoisotopic (exact) mass is 422 g/mol. The standard InChI is InChI=1S/C23H22N2O4S/c1-2-16-7-9-17(10-8-16)23-24-18(15-30-23)13-29-22(27)11-12-25-19-5-3-4-6-20(19)28-14-21(25)26/h3-10,15H,2,11-14H2,1H3. The number of rotatable bonds is 7. The molecule has 0 saturated carbocycles. The van der Waals surface area contributed by atoms with Crippen molar-refractivity contribution < 1.29 is 19.1 Å². The highest BCUT2D eigenvalue weighted by Crippen LogP contribution is 2.31. The number of amides is 1. The van der Waals surface area contributed by atoms with Crippen molar-refractivity contribution in [3.05, 3.63) is 65.2 Å². The minimum Gasteiger partial charge on any atom is -0.482 e. The van der Waals surface area contributed by atoms with Crippen LogP contribution >= 0.6 is 11.3 Å². The molecule has 6 nitrogen and oxygen atoms in total. The van der Waals surface area contributed by atoms with Crippen LogP contribution in [0.25, 0.3) is 10.6 Å². The van der Waals surface area contributed by atoms with Gasteiger partial charge in [0.05, 0.1) is 17.8 Å². The molecule has 1 aliphatic rings. The van der Waals surface area contributed by atoms with Crippen molar-refractivity contribution in [3.8, 4) is 16.3 Å². The number of ether oxygens (including phenoxy) is 2. The van der Waals surface area contributed by atoms with E-state index in [0.717, 1.165) is 22.7 Å². The lowest BCUT2D eigenvalue weighted by atomic mass is 10.1. The van der Waals surface area contributed by atoms with E-state index in [9.17, 15) is 9.59 Å². The van der Waals surface area contributed by atoms with Crippen molar-refractivity contribution in [2.24, 2.45) is 0 Å². The van der Waals surface area contributed by atoms with E-state index in [2.05, 4.69) is 36.2 Å². The average Bonchev–Trinajstić information content (AvgIpc) is 3.26. The summed E-state index contributed by atoms with van der Waals surface area (Å²) >= 11 is 1.53. The van der Waals surface area contributed by atoms with Crippen molar-refractivity contribution in [1.82, 2.24) is 4.98 Å².